The van der Waals surface area contributed by atoms with E-state index < -0.39 is 10.0 Å². The molecule has 1 aromatic heterocycles. The molecule has 0 amide bonds. The Hall–Kier alpha value is -2.15. The molecule has 100 valence electrons. The summed E-state index contributed by atoms with van der Waals surface area (Å²) in [5.41, 5.74) is 2.02. The summed E-state index contributed by atoms with van der Waals surface area (Å²) in [5, 5.41) is 10.8. The number of aromatic nitrogens is 2. The second-order valence-corrected chi connectivity index (χ2v) is 5.87. The Balaban J connectivity index is 2.13. The van der Waals surface area contributed by atoms with E-state index in [1.807, 2.05) is 31.2 Å². The summed E-state index contributed by atoms with van der Waals surface area (Å²) < 4.78 is 24.3. The molecular formula is C12H14N4O2S. The number of aryl methyl sites for hydroxylation is 1. The summed E-state index contributed by atoms with van der Waals surface area (Å²) in [6, 6.07) is 11.0. The van der Waals surface area contributed by atoms with Gasteiger partial charge in [-0.15, -0.1) is 10.2 Å². The lowest BCUT2D eigenvalue weighted by Crippen LogP contribution is -2.11. The van der Waals surface area contributed by atoms with Gasteiger partial charge in [0.15, 0.2) is 11.6 Å². The van der Waals surface area contributed by atoms with E-state index in [0.717, 1.165) is 17.5 Å². The normalized spacial score (nSPS) is 11.1. The van der Waals surface area contributed by atoms with Gasteiger partial charge in [-0.1, -0.05) is 18.2 Å². The summed E-state index contributed by atoms with van der Waals surface area (Å²) in [4.78, 5) is 0. The first kappa shape index (κ1) is 13.3. The molecule has 7 heteroatoms. The summed E-state index contributed by atoms with van der Waals surface area (Å²) >= 11 is 0. The fraction of sp³-hybridized carbons (Fsp3) is 0.167. The minimum atomic E-state index is -3.33. The number of nitrogens with zero attached hydrogens (tertiary/aromatic N) is 2. The van der Waals surface area contributed by atoms with E-state index in [9.17, 15) is 8.42 Å². The molecule has 2 rings (SSSR count). The average molecular weight is 278 g/mol. The van der Waals surface area contributed by atoms with Crippen LogP contribution in [0.3, 0.4) is 0 Å². The van der Waals surface area contributed by atoms with Crippen LogP contribution in [0.15, 0.2) is 36.4 Å². The van der Waals surface area contributed by atoms with E-state index in [1.165, 1.54) is 0 Å². The molecule has 0 bridgehead atoms. The fourth-order valence-electron chi connectivity index (χ4n) is 1.49. The highest BCUT2D eigenvalue weighted by atomic mass is 32.2. The Morgan fingerprint density at radius 1 is 1.00 bits per heavy atom. The molecule has 0 saturated heterocycles. The van der Waals surface area contributed by atoms with E-state index in [2.05, 4.69) is 20.2 Å². The minimum Gasteiger partial charge on any atom is -0.339 e. The van der Waals surface area contributed by atoms with Gasteiger partial charge in [-0.05, 0) is 30.7 Å². The Morgan fingerprint density at radius 3 is 2.21 bits per heavy atom. The summed E-state index contributed by atoms with van der Waals surface area (Å²) in [6.45, 7) is 1.98. The van der Waals surface area contributed by atoms with Crippen LogP contribution in [0.25, 0.3) is 0 Å². The van der Waals surface area contributed by atoms with Crippen LogP contribution >= 0.6 is 0 Å². The van der Waals surface area contributed by atoms with E-state index in [0.29, 0.717) is 5.82 Å². The molecule has 0 saturated carbocycles. The highest BCUT2D eigenvalue weighted by molar-refractivity contribution is 7.92. The maximum Gasteiger partial charge on any atom is 0.231 e. The Bertz CT molecular complexity index is 668. The predicted octanol–water partition coefficient (Wildman–Crippen LogP) is 1.90. The zero-order valence-corrected chi connectivity index (χ0v) is 11.4. The highest BCUT2D eigenvalue weighted by Crippen LogP contribution is 2.18. The zero-order valence-electron chi connectivity index (χ0n) is 10.6. The van der Waals surface area contributed by atoms with Crippen molar-refractivity contribution in [3.8, 4) is 0 Å². The fourth-order valence-corrected chi connectivity index (χ4v) is 1.98. The van der Waals surface area contributed by atoms with Crippen LogP contribution in [0.5, 0.6) is 0 Å². The van der Waals surface area contributed by atoms with Crippen LogP contribution in [-0.2, 0) is 10.0 Å². The van der Waals surface area contributed by atoms with Gasteiger partial charge in [0, 0.05) is 5.69 Å². The van der Waals surface area contributed by atoms with E-state index in [-0.39, 0.29) is 5.82 Å². The molecule has 0 fully saturated rings. The molecule has 0 aliphatic carbocycles. The first-order chi connectivity index (χ1) is 8.94. The molecule has 0 atom stereocenters. The highest BCUT2D eigenvalue weighted by Gasteiger charge is 2.04. The molecule has 6 nitrogen and oxygen atoms in total. The number of anilines is 3. The van der Waals surface area contributed by atoms with Crippen LogP contribution < -0.4 is 10.0 Å². The monoisotopic (exact) mass is 278 g/mol. The first-order valence-corrected chi connectivity index (χ1v) is 7.47. The largest absolute Gasteiger partial charge is 0.339 e. The summed E-state index contributed by atoms with van der Waals surface area (Å²) in [5.74, 6) is 0.742. The van der Waals surface area contributed by atoms with E-state index in [4.69, 9.17) is 0 Å². The number of rotatable bonds is 4. The topological polar surface area (TPSA) is 84.0 Å². The third kappa shape index (κ3) is 3.92. The van der Waals surface area contributed by atoms with Crippen molar-refractivity contribution in [3.05, 3.63) is 42.0 Å². The van der Waals surface area contributed by atoms with Crippen molar-refractivity contribution in [1.29, 1.82) is 0 Å². The molecule has 1 heterocycles. The lowest BCUT2D eigenvalue weighted by molar-refractivity contribution is 0.606. The quantitative estimate of drug-likeness (QED) is 0.892. The number of hydrogen-bond donors (Lipinski definition) is 2. The third-order valence-corrected chi connectivity index (χ3v) is 2.94. The van der Waals surface area contributed by atoms with Crippen molar-refractivity contribution >= 4 is 27.3 Å². The molecule has 0 aliphatic heterocycles. The van der Waals surface area contributed by atoms with Gasteiger partial charge in [-0.2, -0.15) is 0 Å². The molecule has 19 heavy (non-hydrogen) atoms. The second kappa shape index (κ2) is 5.23. The van der Waals surface area contributed by atoms with Crippen LogP contribution in [0.4, 0.5) is 17.3 Å². The average Bonchev–Trinajstić information content (AvgIpc) is 2.33. The van der Waals surface area contributed by atoms with Crippen molar-refractivity contribution in [2.24, 2.45) is 0 Å². The van der Waals surface area contributed by atoms with Crippen molar-refractivity contribution < 1.29 is 8.42 Å². The molecule has 0 aliphatic rings. The zero-order chi connectivity index (χ0) is 13.9. The first-order valence-electron chi connectivity index (χ1n) is 5.58. The smallest absolute Gasteiger partial charge is 0.231 e. The summed E-state index contributed by atoms with van der Waals surface area (Å²) in [7, 11) is -3.33. The maximum atomic E-state index is 11.0. The number of benzene rings is 1. The van der Waals surface area contributed by atoms with Crippen molar-refractivity contribution in [1.82, 2.24) is 10.2 Å². The molecule has 0 spiro atoms. The van der Waals surface area contributed by atoms with Gasteiger partial charge in [-0.3, -0.25) is 4.72 Å². The Morgan fingerprint density at radius 2 is 1.63 bits per heavy atom. The number of nitrogens with one attached hydrogen (secondary N) is 2. The van der Waals surface area contributed by atoms with Gasteiger partial charge >= 0.3 is 0 Å². The van der Waals surface area contributed by atoms with E-state index >= 15 is 0 Å². The van der Waals surface area contributed by atoms with Crippen LogP contribution in [0, 0.1) is 6.92 Å². The molecule has 2 N–H and O–H groups in total. The lowest BCUT2D eigenvalue weighted by Gasteiger charge is -2.08. The predicted molar refractivity (Wildman–Crippen MR) is 75.0 cm³/mol. The van der Waals surface area contributed by atoms with Crippen molar-refractivity contribution in [2.45, 2.75) is 6.92 Å². The third-order valence-electron chi connectivity index (χ3n) is 2.36. The van der Waals surface area contributed by atoms with Gasteiger partial charge in [0.05, 0.1) is 6.26 Å². The SMILES string of the molecule is Cc1ccccc1Nc1ccc(NS(C)(=O)=O)nn1. The van der Waals surface area contributed by atoms with E-state index in [1.54, 1.807) is 12.1 Å². The molecule has 1 aromatic carbocycles. The molecule has 2 aromatic rings. The lowest BCUT2D eigenvalue weighted by atomic mass is 10.2. The van der Waals surface area contributed by atoms with Crippen LogP contribution in [0.1, 0.15) is 5.56 Å². The summed E-state index contributed by atoms with van der Waals surface area (Å²) in [6.07, 6.45) is 1.06. The van der Waals surface area contributed by atoms with Gasteiger partial charge in [-0.25, -0.2) is 8.42 Å². The molecular weight excluding hydrogens is 264 g/mol. The molecule has 0 radical (unpaired) electrons. The number of para-hydroxylation sites is 1. The van der Waals surface area contributed by atoms with Crippen molar-refractivity contribution in [3.63, 3.8) is 0 Å². The van der Waals surface area contributed by atoms with Gasteiger partial charge in [0.2, 0.25) is 10.0 Å². The Labute approximate surface area is 111 Å². The minimum absolute atomic E-state index is 0.192. The second-order valence-electron chi connectivity index (χ2n) is 4.12. The van der Waals surface area contributed by atoms with Gasteiger partial charge < -0.3 is 5.32 Å². The van der Waals surface area contributed by atoms with Crippen LogP contribution in [-0.4, -0.2) is 24.9 Å². The van der Waals surface area contributed by atoms with Crippen LogP contribution in [0.2, 0.25) is 0 Å². The maximum absolute atomic E-state index is 11.0. The Kier molecular flexibility index (Phi) is 3.66. The standard InChI is InChI=1S/C12H14N4O2S/c1-9-5-3-4-6-10(9)13-11-7-8-12(15-14-11)16-19(2,17)18/h3-8H,1-2H3,(H,13,14)(H,15,16). The number of hydrogen-bond acceptors (Lipinski definition) is 5. The number of sulfonamides is 1. The van der Waals surface area contributed by atoms with Gasteiger partial charge in [0.1, 0.15) is 0 Å². The van der Waals surface area contributed by atoms with Crippen molar-refractivity contribution in [2.75, 3.05) is 16.3 Å². The molecule has 0 unspecified atom stereocenters. The van der Waals surface area contributed by atoms with Gasteiger partial charge in [0.25, 0.3) is 0 Å².